The predicted molar refractivity (Wildman–Crippen MR) is 125 cm³/mol. The highest BCUT2D eigenvalue weighted by Crippen LogP contribution is 2.36. The maximum Gasteiger partial charge on any atom is 0.163 e. The number of hydrogen-bond donors (Lipinski definition) is 1. The van der Waals surface area contributed by atoms with Crippen LogP contribution >= 0.6 is 11.6 Å². The molecule has 3 aromatic rings. The third kappa shape index (κ3) is 4.58. The second-order valence-electron chi connectivity index (χ2n) is 9.93. The van der Waals surface area contributed by atoms with E-state index in [1.165, 1.54) is 0 Å². The van der Waals surface area contributed by atoms with Crippen molar-refractivity contribution in [3.8, 4) is 11.1 Å². The van der Waals surface area contributed by atoms with Crippen LogP contribution in [0.1, 0.15) is 57.3 Å². The van der Waals surface area contributed by atoms with Crippen molar-refractivity contribution in [1.29, 1.82) is 0 Å². The summed E-state index contributed by atoms with van der Waals surface area (Å²) < 4.78 is 0. The predicted octanol–water partition coefficient (Wildman–Crippen LogP) is 6.68. The van der Waals surface area contributed by atoms with Crippen LogP contribution in [0.4, 0.5) is 0 Å². The van der Waals surface area contributed by atoms with E-state index in [1.807, 2.05) is 42.6 Å². The first-order chi connectivity index (χ1) is 14.1. The average Bonchev–Trinajstić information content (AvgIpc) is 2.65. The molecule has 2 aromatic carbocycles. The van der Waals surface area contributed by atoms with Crippen molar-refractivity contribution in [1.82, 2.24) is 10.3 Å². The molecule has 156 valence electrons. The maximum atomic E-state index is 13.0. The molecular formula is C26H29ClN2O. The Morgan fingerprint density at radius 2 is 1.77 bits per heavy atom. The summed E-state index contributed by atoms with van der Waals surface area (Å²) in [4.78, 5) is 17.2. The Labute approximate surface area is 183 Å². The molecular weight excluding hydrogens is 392 g/mol. The Bertz CT molecular complexity index is 1090. The normalized spacial score (nSPS) is 18.4. The van der Waals surface area contributed by atoms with E-state index in [-0.39, 0.29) is 16.9 Å². The molecule has 3 nitrogen and oxygen atoms in total. The minimum atomic E-state index is 0.0415. The molecule has 1 aromatic heterocycles. The Hall–Kier alpha value is -2.23. The van der Waals surface area contributed by atoms with Crippen molar-refractivity contribution in [2.75, 3.05) is 0 Å². The summed E-state index contributed by atoms with van der Waals surface area (Å²) in [6, 6.07) is 13.9. The Morgan fingerprint density at radius 1 is 1.03 bits per heavy atom. The van der Waals surface area contributed by atoms with Gasteiger partial charge in [0.05, 0.1) is 0 Å². The highest BCUT2D eigenvalue weighted by atomic mass is 35.5. The molecule has 2 heterocycles. The summed E-state index contributed by atoms with van der Waals surface area (Å²) in [7, 11) is 0. The van der Waals surface area contributed by atoms with E-state index >= 15 is 0 Å². The van der Waals surface area contributed by atoms with Crippen molar-refractivity contribution in [3.05, 3.63) is 65.4 Å². The number of nitrogens with one attached hydrogen (secondary N) is 1. The van der Waals surface area contributed by atoms with Gasteiger partial charge in [0.2, 0.25) is 0 Å². The molecule has 0 unspecified atom stereocenters. The molecule has 0 bridgehead atoms. The van der Waals surface area contributed by atoms with E-state index in [0.717, 1.165) is 34.7 Å². The summed E-state index contributed by atoms with van der Waals surface area (Å²) in [5.41, 5.74) is 2.76. The maximum absolute atomic E-state index is 13.0. The molecule has 0 aliphatic carbocycles. The van der Waals surface area contributed by atoms with Gasteiger partial charge in [0.25, 0.3) is 0 Å². The van der Waals surface area contributed by atoms with Gasteiger partial charge < -0.3 is 5.32 Å². The van der Waals surface area contributed by atoms with Crippen LogP contribution in [0.3, 0.4) is 0 Å². The van der Waals surface area contributed by atoms with Gasteiger partial charge in [-0.2, -0.15) is 0 Å². The van der Waals surface area contributed by atoms with Crippen LogP contribution in [0.15, 0.2) is 54.9 Å². The monoisotopic (exact) mass is 420 g/mol. The Morgan fingerprint density at radius 3 is 2.47 bits per heavy atom. The summed E-state index contributed by atoms with van der Waals surface area (Å²) in [5, 5.41) is 6.51. The molecule has 0 spiro atoms. The molecule has 1 aliphatic heterocycles. The van der Waals surface area contributed by atoms with E-state index in [4.69, 9.17) is 11.6 Å². The van der Waals surface area contributed by atoms with Gasteiger partial charge in [-0.25, -0.2) is 0 Å². The first-order valence-corrected chi connectivity index (χ1v) is 11.0. The van der Waals surface area contributed by atoms with Crippen LogP contribution in [0, 0.1) is 5.92 Å². The van der Waals surface area contributed by atoms with Crippen LogP contribution < -0.4 is 5.32 Å². The summed E-state index contributed by atoms with van der Waals surface area (Å²) in [6.45, 7) is 8.88. The first kappa shape index (κ1) is 21.0. The van der Waals surface area contributed by atoms with Gasteiger partial charge in [-0.05, 0) is 75.6 Å². The number of piperidine rings is 1. The lowest BCUT2D eigenvalue weighted by Crippen LogP contribution is -2.57. The second kappa shape index (κ2) is 7.79. The van der Waals surface area contributed by atoms with E-state index < -0.39 is 0 Å². The number of Topliss-reactive ketones (excluding diaryl/α,β-unsaturated/α-hetero) is 1. The molecule has 0 atom stereocenters. The smallest absolute Gasteiger partial charge is 0.163 e. The van der Waals surface area contributed by atoms with Gasteiger partial charge in [-0.15, -0.1) is 0 Å². The number of benzene rings is 2. The number of fused-ring (bicyclic) bond motifs is 1. The standard InChI is InChI=1S/C26H29ClN2O/c1-25(2)14-17(15-26(3,4)29-25)11-24(30)20-7-8-22(23(27)13-20)19-5-6-21-16-28-10-9-18(21)12-19/h5-10,12-13,16-17,29H,11,14-15H2,1-4H3. The number of halogens is 1. The lowest BCUT2D eigenvalue weighted by atomic mass is 9.74. The van der Waals surface area contributed by atoms with Gasteiger partial charge in [-0.1, -0.05) is 35.9 Å². The number of carbonyl (C=O) groups excluding carboxylic acids is 1. The number of pyridine rings is 1. The minimum Gasteiger partial charge on any atom is -0.307 e. The van der Waals surface area contributed by atoms with Crippen LogP contribution in [0.2, 0.25) is 5.02 Å². The lowest BCUT2D eigenvalue weighted by molar-refractivity contribution is 0.0864. The van der Waals surface area contributed by atoms with Gasteiger partial charge >= 0.3 is 0 Å². The van der Waals surface area contributed by atoms with Gasteiger partial charge in [0.15, 0.2) is 5.78 Å². The van der Waals surface area contributed by atoms with Crippen LogP contribution in [-0.4, -0.2) is 21.8 Å². The van der Waals surface area contributed by atoms with E-state index in [1.54, 1.807) is 6.20 Å². The lowest BCUT2D eigenvalue weighted by Gasteiger charge is -2.46. The zero-order chi connectivity index (χ0) is 21.5. The van der Waals surface area contributed by atoms with Crippen LogP contribution in [0.5, 0.6) is 0 Å². The van der Waals surface area contributed by atoms with Gasteiger partial charge in [0, 0.05) is 51.4 Å². The summed E-state index contributed by atoms with van der Waals surface area (Å²) in [5.74, 6) is 0.544. The minimum absolute atomic E-state index is 0.0415. The topological polar surface area (TPSA) is 42.0 Å². The van der Waals surface area contributed by atoms with E-state index in [2.05, 4.69) is 44.1 Å². The fourth-order valence-electron chi connectivity index (χ4n) is 5.23. The molecule has 0 amide bonds. The van der Waals surface area contributed by atoms with E-state index in [9.17, 15) is 4.79 Å². The SMILES string of the molecule is CC1(C)CC(CC(=O)c2ccc(-c3ccc4cnccc4c3)c(Cl)c2)CC(C)(C)N1. The Balaban J connectivity index is 1.54. The molecule has 1 N–H and O–H groups in total. The highest BCUT2D eigenvalue weighted by molar-refractivity contribution is 6.33. The van der Waals surface area contributed by atoms with Crippen molar-refractivity contribution in [3.63, 3.8) is 0 Å². The third-order valence-corrected chi connectivity index (χ3v) is 6.30. The van der Waals surface area contributed by atoms with Crippen LogP contribution in [0.25, 0.3) is 21.9 Å². The third-order valence-electron chi connectivity index (χ3n) is 5.99. The molecule has 1 saturated heterocycles. The largest absolute Gasteiger partial charge is 0.307 e. The van der Waals surface area contributed by atoms with Crippen molar-refractivity contribution in [2.24, 2.45) is 5.92 Å². The van der Waals surface area contributed by atoms with E-state index in [0.29, 0.717) is 22.9 Å². The number of hydrogen-bond acceptors (Lipinski definition) is 3. The average molecular weight is 421 g/mol. The van der Waals surface area contributed by atoms with Crippen molar-refractivity contribution < 1.29 is 4.79 Å². The van der Waals surface area contributed by atoms with Crippen molar-refractivity contribution in [2.45, 2.75) is 58.0 Å². The number of nitrogens with zero attached hydrogens (tertiary/aromatic N) is 1. The molecule has 4 heteroatoms. The molecule has 1 aliphatic rings. The van der Waals surface area contributed by atoms with Gasteiger partial charge in [-0.3, -0.25) is 9.78 Å². The molecule has 30 heavy (non-hydrogen) atoms. The quantitative estimate of drug-likeness (QED) is 0.478. The van der Waals surface area contributed by atoms with Crippen molar-refractivity contribution >= 4 is 28.2 Å². The first-order valence-electron chi connectivity index (χ1n) is 10.6. The fraction of sp³-hybridized carbons (Fsp3) is 0.385. The number of rotatable bonds is 4. The number of carbonyl (C=O) groups is 1. The highest BCUT2D eigenvalue weighted by Gasteiger charge is 2.38. The molecule has 0 saturated carbocycles. The zero-order valence-corrected chi connectivity index (χ0v) is 18.9. The Kier molecular flexibility index (Phi) is 5.46. The summed E-state index contributed by atoms with van der Waals surface area (Å²) >= 11 is 6.62. The van der Waals surface area contributed by atoms with Gasteiger partial charge in [0.1, 0.15) is 0 Å². The van der Waals surface area contributed by atoms with Crippen LogP contribution in [-0.2, 0) is 0 Å². The number of ketones is 1. The molecule has 1 fully saturated rings. The fourth-order valence-corrected chi connectivity index (χ4v) is 5.52. The second-order valence-corrected chi connectivity index (χ2v) is 10.3. The molecule has 0 radical (unpaired) electrons. The zero-order valence-electron chi connectivity index (χ0n) is 18.1. The number of aromatic nitrogens is 1. The molecule has 4 rings (SSSR count). The summed E-state index contributed by atoms with van der Waals surface area (Å²) in [6.07, 6.45) is 6.21.